The molecule has 21 heavy (non-hydrogen) atoms. The highest BCUT2D eigenvalue weighted by atomic mass is 28.2. The first-order chi connectivity index (χ1) is 10.3. The van der Waals surface area contributed by atoms with Gasteiger partial charge in [0.1, 0.15) is 10.5 Å². The summed E-state index contributed by atoms with van der Waals surface area (Å²) in [5, 5.41) is 0. The standard InChI is InChI=1S/C19H36OSi/c1-2-18(15-9-3-4-10-15)19(20-21,16-11-5-6-12-16)17-13-7-8-14-17/h15-18H,2-14H2,1,21H3. The second-order valence-electron chi connectivity index (χ2n) is 8.08. The second-order valence-corrected chi connectivity index (χ2v) is 8.49. The Morgan fingerprint density at radius 1 is 0.857 bits per heavy atom. The molecule has 0 spiro atoms. The maximum Gasteiger partial charge on any atom is 0.146 e. The van der Waals surface area contributed by atoms with Crippen LogP contribution in [-0.2, 0) is 4.43 Å². The molecule has 1 atom stereocenters. The van der Waals surface area contributed by atoms with Gasteiger partial charge in [-0.3, -0.25) is 0 Å². The Labute approximate surface area is 135 Å². The summed E-state index contributed by atoms with van der Waals surface area (Å²) in [5.41, 5.74) is 0.295. The highest BCUT2D eigenvalue weighted by molar-refractivity contribution is 5.98. The zero-order valence-corrected chi connectivity index (χ0v) is 16.4. The van der Waals surface area contributed by atoms with Crippen LogP contribution in [0.2, 0.25) is 0 Å². The van der Waals surface area contributed by atoms with Crippen molar-refractivity contribution < 1.29 is 4.43 Å². The Balaban J connectivity index is 1.91. The van der Waals surface area contributed by atoms with E-state index in [9.17, 15) is 0 Å². The quantitative estimate of drug-likeness (QED) is 0.651. The SMILES string of the molecule is CCC(C1CCCC1)C(O[SiH3])(C1CCCC1)C1CCCC1. The van der Waals surface area contributed by atoms with Crippen LogP contribution in [0.3, 0.4) is 0 Å². The van der Waals surface area contributed by atoms with Crippen molar-refractivity contribution >= 4 is 10.5 Å². The molecule has 122 valence electrons. The van der Waals surface area contributed by atoms with Gasteiger partial charge >= 0.3 is 0 Å². The predicted molar refractivity (Wildman–Crippen MR) is 93.4 cm³/mol. The van der Waals surface area contributed by atoms with Crippen LogP contribution in [-0.4, -0.2) is 16.1 Å². The molecule has 0 aliphatic heterocycles. The third-order valence-corrected chi connectivity index (χ3v) is 8.04. The van der Waals surface area contributed by atoms with Crippen molar-refractivity contribution in [1.29, 1.82) is 0 Å². The van der Waals surface area contributed by atoms with E-state index in [2.05, 4.69) is 6.92 Å². The van der Waals surface area contributed by atoms with Gasteiger partial charge in [0.2, 0.25) is 0 Å². The van der Waals surface area contributed by atoms with Crippen LogP contribution in [0.4, 0.5) is 0 Å². The van der Waals surface area contributed by atoms with Crippen LogP contribution in [0.1, 0.15) is 90.4 Å². The molecule has 0 heterocycles. The van der Waals surface area contributed by atoms with Crippen molar-refractivity contribution in [2.45, 2.75) is 96.0 Å². The summed E-state index contributed by atoms with van der Waals surface area (Å²) in [7, 11) is 0.939. The first-order valence-electron chi connectivity index (χ1n) is 9.88. The molecular formula is C19H36OSi. The fraction of sp³-hybridized carbons (Fsp3) is 1.00. The van der Waals surface area contributed by atoms with Crippen LogP contribution in [0.5, 0.6) is 0 Å². The molecule has 0 bridgehead atoms. The molecular weight excluding hydrogens is 272 g/mol. The van der Waals surface area contributed by atoms with Gasteiger partial charge in [-0.2, -0.15) is 0 Å². The normalized spacial score (nSPS) is 27.9. The molecule has 3 saturated carbocycles. The van der Waals surface area contributed by atoms with E-state index in [0.29, 0.717) is 5.60 Å². The van der Waals surface area contributed by atoms with Crippen LogP contribution >= 0.6 is 0 Å². The first-order valence-corrected chi connectivity index (χ1v) is 10.7. The molecule has 0 radical (unpaired) electrons. The third kappa shape index (κ3) is 2.87. The summed E-state index contributed by atoms with van der Waals surface area (Å²) in [6.07, 6.45) is 19.0. The zero-order valence-electron chi connectivity index (χ0n) is 14.4. The monoisotopic (exact) mass is 308 g/mol. The molecule has 3 aliphatic carbocycles. The number of rotatable bonds is 6. The van der Waals surface area contributed by atoms with E-state index < -0.39 is 0 Å². The van der Waals surface area contributed by atoms with Crippen molar-refractivity contribution in [2.24, 2.45) is 23.7 Å². The molecule has 0 aromatic carbocycles. The van der Waals surface area contributed by atoms with Crippen molar-refractivity contribution in [3.8, 4) is 0 Å². The Bertz CT molecular complexity index is 296. The van der Waals surface area contributed by atoms with Crippen LogP contribution in [0, 0.1) is 23.7 Å². The smallest absolute Gasteiger partial charge is 0.146 e. The molecule has 1 unspecified atom stereocenters. The van der Waals surface area contributed by atoms with Gasteiger partial charge in [-0.1, -0.05) is 64.7 Å². The van der Waals surface area contributed by atoms with E-state index in [-0.39, 0.29) is 0 Å². The van der Waals surface area contributed by atoms with Crippen molar-refractivity contribution in [2.75, 3.05) is 0 Å². The number of hydrogen-bond donors (Lipinski definition) is 0. The zero-order chi connectivity index (χ0) is 14.7. The lowest BCUT2D eigenvalue weighted by molar-refractivity contribution is -0.105. The van der Waals surface area contributed by atoms with Crippen LogP contribution in [0.15, 0.2) is 0 Å². The van der Waals surface area contributed by atoms with Gasteiger partial charge in [-0.25, -0.2) is 0 Å². The maximum absolute atomic E-state index is 6.71. The van der Waals surface area contributed by atoms with Gasteiger partial charge in [-0.15, -0.1) is 0 Å². The summed E-state index contributed by atoms with van der Waals surface area (Å²) in [4.78, 5) is 0. The molecule has 1 nitrogen and oxygen atoms in total. The average molecular weight is 309 g/mol. The second kappa shape index (κ2) is 7.17. The lowest BCUT2D eigenvalue weighted by Gasteiger charge is -2.51. The molecule has 0 aromatic rings. The molecule has 2 heteroatoms. The molecule has 0 N–H and O–H groups in total. The largest absolute Gasteiger partial charge is 0.422 e. The third-order valence-electron chi connectivity index (χ3n) is 7.33. The van der Waals surface area contributed by atoms with Gasteiger partial charge in [-0.05, 0) is 49.4 Å². The van der Waals surface area contributed by atoms with Crippen molar-refractivity contribution in [3.05, 3.63) is 0 Å². The molecule has 0 amide bonds. The van der Waals surface area contributed by atoms with E-state index in [1.165, 1.54) is 83.5 Å². The van der Waals surface area contributed by atoms with E-state index in [1.807, 2.05) is 0 Å². The molecule has 0 saturated heterocycles. The minimum absolute atomic E-state index is 0.295. The summed E-state index contributed by atoms with van der Waals surface area (Å²) in [5.74, 6) is 3.63. The first kappa shape index (κ1) is 16.0. The van der Waals surface area contributed by atoms with E-state index in [4.69, 9.17) is 4.43 Å². The van der Waals surface area contributed by atoms with Gasteiger partial charge in [0.15, 0.2) is 0 Å². The summed E-state index contributed by atoms with van der Waals surface area (Å²) >= 11 is 0. The number of hydrogen-bond acceptors (Lipinski definition) is 1. The summed E-state index contributed by atoms with van der Waals surface area (Å²) in [6.45, 7) is 2.46. The molecule has 3 rings (SSSR count). The van der Waals surface area contributed by atoms with Crippen molar-refractivity contribution in [3.63, 3.8) is 0 Å². The molecule has 3 fully saturated rings. The van der Waals surface area contributed by atoms with Gasteiger partial charge in [0.05, 0.1) is 5.60 Å². The highest BCUT2D eigenvalue weighted by Crippen LogP contribution is 2.54. The summed E-state index contributed by atoms with van der Waals surface area (Å²) in [6, 6.07) is 0. The van der Waals surface area contributed by atoms with Crippen LogP contribution < -0.4 is 0 Å². The average Bonchev–Trinajstić information content (AvgIpc) is 3.27. The molecule has 0 aromatic heterocycles. The minimum Gasteiger partial charge on any atom is -0.422 e. The fourth-order valence-electron chi connectivity index (χ4n) is 6.56. The Hall–Kier alpha value is 0.177. The van der Waals surface area contributed by atoms with Gasteiger partial charge in [0.25, 0.3) is 0 Å². The highest BCUT2D eigenvalue weighted by Gasteiger charge is 2.53. The Morgan fingerprint density at radius 2 is 1.29 bits per heavy atom. The van der Waals surface area contributed by atoms with Crippen LogP contribution in [0.25, 0.3) is 0 Å². The van der Waals surface area contributed by atoms with Crippen molar-refractivity contribution in [1.82, 2.24) is 0 Å². The minimum atomic E-state index is 0.295. The fourth-order valence-corrected chi connectivity index (χ4v) is 7.53. The van der Waals surface area contributed by atoms with Gasteiger partial charge < -0.3 is 4.43 Å². The maximum atomic E-state index is 6.71. The van der Waals surface area contributed by atoms with E-state index in [1.54, 1.807) is 0 Å². The lowest BCUT2D eigenvalue weighted by Crippen LogP contribution is -2.53. The van der Waals surface area contributed by atoms with E-state index >= 15 is 0 Å². The predicted octanol–water partition coefficient (Wildman–Crippen LogP) is 4.62. The lowest BCUT2D eigenvalue weighted by atomic mass is 9.62. The Kier molecular flexibility index (Phi) is 5.48. The summed E-state index contributed by atoms with van der Waals surface area (Å²) < 4.78 is 6.71. The van der Waals surface area contributed by atoms with Gasteiger partial charge in [0, 0.05) is 0 Å². The van der Waals surface area contributed by atoms with E-state index in [0.717, 1.165) is 34.2 Å². The Morgan fingerprint density at radius 3 is 1.67 bits per heavy atom. The topological polar surface area (TPSA) is 9.23 Å². The molecule has 3 aliphatic rings.